The lowest BCUT2D eigenvalue weighted by Crippen LogP contribution is -2.09. The number of methoxy groups -OCH3 is 2. The van der Waals surface area contributed by atoms with Crippen molar-refractivity contribution in [2.45, 2.75) is 18.4 Å². The Morgan fingerprint density at radius 3 is 2.24 bits per heavy atom. The van der Waals surface area contributed by atoms with E-state index in [4.69, 9.17) is 14.6 Å². The van der Waals surface area contributed by atoms with E-state index in [0.29, 0.717) is 22.6 Å². The van der Waals surface area contributed by atoms with Gasteiger partial charge in [-0.25, -0.2) is 0 Å². The molecule has 0 saturated carbocycles. The number of fused-ring (bicyclic) bond motifs is 1. The van der Waals surface area contributed by atoms with Crippen molar-refractivity contribution in [1.29, 1.82) is 0 Å². The van der Waals surface area contributed by atoms with Gasteiger partial charge in [0.15, 0.2) is 0 Å². The molecule has 92 valence electrons. The lowest BCUT2D eigenvalue weighted by atomic mass is 10.00. The molecule has 5 nitrogen and oxygen atoms in total. The van der Waals surface area contributed by atoms with E-state index in [1.165, 1.54) is 14.2 Å². The number of aliphatic carboxylic acids is 1. The second kappa shape index (κ2) is 4.25. The number of aliphatic hydroxyl groups excluding tert-OH is 1. The molecule has 0 bridgehead atoms. The van der Waals surface area contributed by atoms with Gasteiger partial charge in [-0.1, -0.05) is 0 Å². The van der Waals surface area contributed by atoms with E-state index in [2.05, 4.69) is 0 Å². The summed E-state index contributed by atoms with van der Waals surface area (Å²) in [4.78, 5) is 11.2. The molecule has 1 aliphatic carbocycles. The Labute approximate surface area is 98.6 Å². The van der Waals surface area contributed by atoms with E-state index in [0.717, 1.165) is 0 Å². The van der Waals surface area contributed by atoms with Gasteiger partial charge < -0.3 is 19.7 Å². The SMILES string of the molecule is COc1ccc(OC)c2c1C(O)CC2C(=O)O. The molecule has 1 aromatic carbocycles. The maximum atomic E-state index is 11.2. The number of ether oxygens (including phenoxy) is 2. The van der Waals surface area contributed by atoms with Crippen molar-refractivity contribution in [3.63, 3.8) is 0 Å². The van der Waals surface area contributed by atoms with Crippen molar-refractivity contribution < 1.29 is 24.5 Å². The molecule has 0 saturated heterocycles. The van der Waals surface area contributed by atoms with Crippen molar-refractivity contribution in [3.05, 3.63) is 23.3 Å². The fourth-order valence-electron chi connectivity index (χ4n) is 2.34. The Hall–Kier alpha value is -1.75. The highest BCUT2D eigenvalue weighted by molar-refractivity contribution is 5.80. The summed E-state index contributed by atoms with van der Waals surface area (Å²) in [5, 5.41) is 19.1. The van der Waals surface area contributed by atoms with Crippen molar-refractivity contribution >= 4 is 5.97 Å². The molecule has 1 aliphatic rings. The van der Waals surface area contributed by atoms with Crippen LogP contribution in [0.25, 0.3) is 0 Å². The largest absolute Gasteiger partial charge is 0.496 e. The third-order valence-electron chi connectivity index (χ3n) is 3.09. The van der Waals surface area contributed by atoms with Crippen LogP contribution in [0.3, 0.4) is 0 Å². The van der Waals surface area contributed by atoms with Gasteiger partial charge in [0.1, 0.15) is 11.5 Å². The second-order valence-corrected chi connectivity index (χ2v) is 3.94. The predicted molar refractivity (Wildman–Crippen MR) is 59.5 cm³/mol. The first kappa shape index (κ1) is 11.7. The van der Waals surface area contributed by atoms with E-state index in [-0.39, 0.29) is 6.42 Å². The van der Waals surface area contributed by atoms with Gasteiger partial charge in [-0.05, 0) is 18.6 Å². The summed E-state index contributed by atoms with van der Waals surface area (Å²) >= 11 is 0. The summed E-state index contributed by atoms with van der Waals surface area (Å²) in [6.45, 7) is 0. The van der Waals surface area contributed by atoms with E-state index >= 15 is 0 Å². The second-order valence-electron chi connectivity index (χ2n) is 3.94. The number of aliphatic hydroxyl groups is 1. The summed E-state index contributed by atoms with van der Waals surface area (Å²) in [5.41, 5.74) is 1.05. The van der Waals surface area contributed by atoms with Crippen molar-refractivity contribution in [2.75, 3.05) is 14.2 Å². The lowest BCUT2D eigenvalue weighted by molar-refractivity contribution is -0.139. The minimum Gasteiger partial charge on any atom is -0.496 e. The molecule has 2 unspecified atom stereocenters. The minimum atomic E-state index is -0.964. The maximum absolute atomic E-state index is 11.2. The number of benzene rings is 1. The summed E-state index contributed by atoms with van der Waals surface area (Å²) in [6.07, 6.45) is -0.669. The molecular formula is C12H14O5. The Balaban J connectivity index is 2.64. The van der Waals surface area contributed by atoms with Crippen LogP contribution >= 0.6 is 0 Å². The standard InChI is InChI=1S/C12H14O5/c1-16-8-3-4-9(17-2)11-7(13)5-6(10(8)11)12(14)15/h3-4,6-7,13H,5H2,1-2H3,(H,14,15). The summed E-state index contributed by atoms with van der Waals surface area (Å²) in [7, 11) is 2.97. The third-order valence-corrected chi connectivity index (χ3v) is 3.09. The van der Waals surface area contributed by atoms with E-state index in [1.807, 2.05) is 0 Å². The molecule has 0 fully saturated rings. The molecule has 0 amide bonds. The van der Waals surface area contributed by atoms with Gasteiger partial charge in [-0.2, -0.15) is 0 Å². The topological polar surface area (TPSA) is 76.0 Å². The Morgan fingerprint density at radius 1 is 1.24 bits per heavy atom. The van der Waals surface area contributed by atoms with Crippen LogP contribution in [0.4, 0.5) is 0 Å². The van der Waals surface area contributed by atoms with E-state index in [9.17, 15) is 9.90 Å². The smallest absolute Gasteiger partial charge is 0.311 e. The number of hydrogen-bond acceptors (Lipinski definition) is 4. The van der Waals surface area contributed by atoms with Crippen LogP contribution in [-0.4, -0.2) is 30.4 Å². The number of hydrogen-bond donors (Lipinski definition) is 2. The van der Waals surface area contributed by atoms with Crippen LogP contribution in [0.15, 0.2) is 12.1 Å². The van der Waals surface area contributed by atoms with Crippen LogP contribution in [0, 0.1) is 0 Å². The molecule has 0 spiro atoms. The average molecular weight is 238 g/mol. The molecule has 2 N–H and O–H groups in total. The minimum absolute atomic E-state index is 0.154. The zero-order chi connectivity index (χ0) is 12.6. The maximum Gasteiger partial charge on any atom is 0.311 e. The molecule has 2 atom stereocenters. The number of carboxylic acids is 1. The highest BCUT2D eigenvalue weighted by Crippen LogP contribution is 2.49. The molecule has 5 heteroatoms. The van der Waals surface area contributed by atoms with Crippen molar-refractivity contribution in [2.24, 2.45) is 0 Å². The normalized spacial score (nSPS) is 22.1. The fourth-order valence-corrected chi connectivity index (χ4v) is 2.34. The zero-order valence-corrected chi connectivity index (χ0v) is 9.64. The third kappa shape index (κ3) is 1.72. The van der Waals surface area contributed by atoms with Crippen molar-refractivity contribution in [3.8, 4) is 11.5 Å². The molecule has 0 radical (unpaired) electrons. The molecule has 0 heterocycles. The van der Waals surface area contributed by atoms with Crippen molar-refractivity contribution in [1.82, 2.24) is 0 Å². The van der Waals surface area contributed by atoms with Crippen LogP contribution in [0.2, 0.25) is 0 Å². The summed E-state index contributed by atoms with van der Waals surface area (Å²) < 4.78 is 10.3. The molecule has 17 heavy (non-hydrogen) atoms. The zero-order valence-electron chi connectivity index (χ0n) is 9.64. The van der Waals surface area contributed by atoms with Crippen LogP contribution in [0.5, 0.6) is 11.5 Å². The average Bonchev–Trinajstić information content (AvgIpc) is 2.67. The Kier molecular flexibility index (Phi) is 2.93. The Bertz CT molecular complexity index is 454. The van der Waals surface area contributed by atoms with Crippen LogP contribution < -0.4 is 9.47 Å². The molecule has 0 aliphatic heterocycles. The fraction of sp³-hybridized carbons (Fsp3) is 0.417. The highest BCUT2D eigenvalue weighted by atomic mass is 16.5. The summed E-state index contributed by atoms with van der Waals surface area (Å²) in [6, 6.07) is 3.33. The monoisotopic (exact) mass is 238 g/mol. The molecule has 1 aromatic rings. The van der Waals surface area contributed by atoms with Crippen LogP contribution in [-0.2, 0) is 4.79 Å². The summed E-state index contributed by atoms with van der Waals surface area (Å²) in [5.74, 6) is -0.735. The molecule has 2 rings (SSSR count). The first-order valence-corrected chi connectivity index (χ1v) is 5.25. The first-order valence-electron chi connectivity index (χ1n) is 5.25. The first-order chi connectivity index (χ1) is 8.10. The van der Waals surface area contributed by atoms with E-state index < -0.39 is 18.0 Å². The van der Waals surface area contributed by atoms with Gasteiger partial charge in [0.2, 0.25) is 0 Å². The van der Waals surface area contributed by atoms with Gasteiger partial charge >= 0.3 is 5.97 Å². The van der Waals surface area contributed by atoms with Gasteiger partial charge in [-0.15, -0.1) is 0 Å². The number of carbonyl (C=O) groups is 1. The molecular weight excluding hydrogens is 224 g/mol. The van der Waals surface area contributed by atoms with Gasteiger partial charge in [-0.3, -0.25) is 4.79 Å². The van der Waals surface area contributed by atoms with E-state index in [1.54, 1.807) is 12.1 Å². The number of carboxylic acid groups (broad SMARTS) is 1. The van der Waals surface area contributed by atoms with Gasteiger partial charge in [0, 0.05) is 11.1 Å². The molecule has 0 aromatic heterocycles. The predicted octanol–water partition coefficient (Wildman–Crippen LogP) is 1.31. The van der Waals surface area contributed by atoms with Gasteiger partial charge in [0.25, 0.3) is 0 Å². The lowest BCUT2D eigenvalue weighted by Gasteiger charge is -2.14. The van der Waals surface area contributed by atoms with Crippen LogP contribution in [0.1, 0.15) is 29.6 Å². The quantitative estimate of drug-likeness (QED) is 0.830. The van der Waals surface area contributed by atoms with Gasteiger partial charge in [0.05, 0.1) is 26.2 Å². The highest BCUT2D eigenvalue weighted by Gasteiger charge is 2.39. The Morgan fingerprint density at radius 2 is 1.76 bits per heavy atom. The number of rotatable bonds is 3.